The molecule has 0 radical (unpaired) electrons. The van der Waals surface area contributed by atoms with Crippen molar-refractivity contribution in [2.75, 3.05) is 4.90 Å². The summed E-state index contributed by atoms with van der Waals surface area (Å²) in [6, 6.07) is 111. The predicted molar refractivity (Wildman–Crippen MR) is 333 cm³/mol. The summed E-state index contributed by atoms with van der Waals surface area (Å²) in [5.41, 5.74) is 18.4. The zero-order valence-electron chi connectivity index (χ0n) is 42.8. The van der Waals surface area contributed by atoms with Gasteiger partial charge in [-0.15, -0.1) is 0 Å². The summed E-state index contributed by atoms with van der Waals surface area (Å²) in [4.78, 5) is 2.41. The number of aromatic nitrogens is 1. The summed E-state index contributed by atoms with van der Waals surface area (Å²) in [7, 11) is 0. The molecule has 0 atom stereocenters. The minimum Gasteiger partial charge on any atom is -0.310 e. The van der Waals surface area contributed by atoms with Crippen LogP contribution < -0.4 is 4.90 Å². The molecule has 2 heteroatoms. The van der Waals surface area contributed by atoms with Gasteiger partial charge in [-0.1, -0.05) is 224 Å². The first-order valence-corrected chi connectivity index (χ1v) is 26.9. The lowest BCUT2D eigenvalue weighted by molar-refractivity contribution is 1.18. The highest BCUT2D eigenvalue weighted by Gasteiger charge is 2.21. The highest BCUT2D eigenvalue weighted by atomic mass is 15.1. The van der Waals surface area contributed by atoms with Gasteiger partial charge in [-0.3, -0.25) is 0 Å². The van der Waals surface area contributed by atoms with Crippen molar-refractivity contribution in [1.82, 2.24) is 4.57 Å². The molecule has 1 heterocycles. The lowest BCUT2D eigenvalue weighted by atomic mass is 9.93. The number of para-hydroxylation sites is 1. The Morgan fingerprint density at radius 2 is 0.641 bits per heavy atom. The van der Waals surface area contributed by atoms with E-state index in [2.05, 4.69) is 313 Å². The molecule has 15 aromatic rings. The standard InChI is InChI=1S/C76H50N2/c1-4-15-51(16-5-1)59-37-44-72-74(49-59)78(64-22-8-3-9-23-64)75-50-63(52-17-6-2-7-18-52)48-73(76(72)75)60-21-14-24-67(47-60)77(65-38-31-53(32-39-65)57-35-42-70-61(45-57)29-27-55-19-10-12-25-68(55)70)66-40-33-54(34-41-66)58-36-43-71-62(46-58)30-28-56-20-11-13-26-69(56)71/h1-50H. The van der Waals surface area contributed by atoms with Crippen molar-refractivity contribution in [1.29, 1.82) is 0 Å². The Hall–Kier alpha value is -10.3. The first kappa shape index (κ1) is 45.1. The number of fused-ring (bicyclic) bond motifs is 9. The second-order valence-electron chi connectivity index (χ2n) is 20.5. The van der Waals surface area contributed by atoms with Crippen molar-refractivity contribution in [3.05, 3.63) is 303 Å². The molecular weight excluding hydrogens is 941 g/mol. The third-order valence-corrected chi connectivity index (χ3v) is 15.9. The Kier molecular flexibility index (Phi) is 10.9. The zero-order valence-corrected chi connectivity index (χ0v) is 42.8. The van der Waals surface area contributed by atoms with Crippen LogP contribution in [0, 0.1) is 0 Å². The molecule has 0 saturated carbocycles. The molecule has 0 aliphatic heterocycles. The molecule has 0 N–H and O–H groups in total. The number of anilines is 3. The van der Waals surface area contributed by atoms with E-state index in [9.17, 15) is 0 Å². The third kappa shape index (κ3) is 7.90. The van der Waals surface area contributed by atoms with Crippen LogP contribution in [0.5, 0.6) is 0 Å². The van der Waals surface area contributed by atoms with Crippen LogP contribution >= 0.6 is 0 Å². The molecule has 15 rings (SSSR count). The maximum Gasteiger partial charge on any atom is 0.0553 e. The van der Waals surface area contributed by atoms with Gasteiger partial charge in [0.25, 0.3) is 0 Å². The molecule has 0 aliphatic carbocycles. The first-order valence-electron chi connectivity index (χ1n) is 26.9. The maximum atomic E-state index is 2.46. The molecule has 364 valence electrons. The van der Waals surface area contributed by atoms with Crippen molar-refractivity contribution in [2.24, 2.45) is 0 Å². The summed E-state index contributed by atoms with van der Waals surface area (Å²) in [5, 5.41) is 12.5. The van der Waals surface area contributed by atoms with Gasteiger partial charge in [-0.25, -0.2) is 0 Å². The molecule has 0 bridgehead atoms. The van der Waals surface area contributed by atoms with Gasteiger partial charge in [0.15, 0.2) is 0 Å². The second-order valence-corrected chi connectivity index (χ2v) is 20.5. The largest absolute Gasteiger partial charge is 0.310 e. The molecule has 0 spiro atoms. The second kappa shape index (κ2) is 18.8. The summed E-state index contributed by atoms with van der Waals surface area (Å²) in [6.45, 7) is 0. The topological polar surface area (TPSA) is 8.17 Å². The quantitative estimate of drug-likeness (QED) is 0.131. The van der Waals surface area contributed by atoms with Crippen LogP contribution in [0.15, 0.2) is 303 Å². The molecule has 78 heavy (non-hydrogen) atoms. The lowest BCUT2D eigenvalue weighted by Gasteiger charge is -2.26. The van der Waals surface area contributed by atoms with Crippen LogP contribution in [-0.4, -0.2) is 4.57 Å². The lowest BCUT2D eigenvalue weighted by Crippen LogP contribution is -2.10. The van der Waals surface area contributed by atoms with Crippen molar-refractivity contribution in [2.45, 2.75) is 0 Å². The fraction of sp³-hybridized carbons (Fsp3) is 0. The number of hydrogen-bond donors (Lipinski definition) is 0. The van der Waals surface area contributed by atoms with E-state index in [4.69, 9.17) is 0 Å². The van der Waals surface area contributed by atoms with Gasteiger partial charge in [0.05, 0.1) is 11.0 Å². The molecule has 14 aromatic carbocycles. The van der Waals surface area contributed by atoms with Gasteiger partial charge in [0.2, 0.25) is 0 Å². The number of rotatable bonds is 9. The summed E-state index contributed by atoms with van der Waals surface area (Å²) in [6.07, 6.45) is 0. The van der Waals surface area contributed by atoms with E-state index in [-0.39, 0.29) is 0 Å². The Bertz CT molecular complexity index is 4590. The van der Waals surface area contributed by atoms with Crippen LogP contribution in [-0.2, 0) is 0 Å². The van der Waals surface area contributed by atoms with E-state index in [0.29, 0.717) is 0 Å². The van der Waals surface area contributed by atoms with E-state index in [1.807, 2.05) is 0 Å². The van der Waals surface area contributed by atoms with Gasteiger partial charge < -0.3 is 9.47 Å². The van der Waals surface area contributed by atoms with Gasteiger partial charge in [0, 0.05) is 33.5 Å². The fourth-order valence-electron chi connectivity index (χ4n) is 12.1. The average Bonchev–Trinajstić information content (AvgIpc) is 4.03. The van der Waals surface area contributed by atoms with Gasteiger partial charge in [-0.05, 0) is 178 Å². The van der Waals surface area contributed by atoms with Crippen LogP contribution in [0.2, 0.25) is 0 Å². The molecule has 0 saturated heterocycles. The Balaban J connectivity index is 0.893. The normalized spacial score (nSPS) is 11.6. The summed E-state index contributed by atoms with van der Waals surface area (Å²) in [5.74, 6) is 0. The minimum absolute atomic E-state index is 1.07. The molecule has 0 unspecified atom stereocenters. The summed E-state index contributed by atoms with van der Waals surface area (Å²) < 4.78 is 2.46. The van der Waals surface area contributed by atoms with Crippen molar-refractivity contribution >= 4 is 82.0 Å². The monoisotopic (exact) mass is 990 g/mol. The van der Waals surface area contributed by atoms with Crippen molar-refractivity contribution in [3.63, 3.8) is 0 Å². The van der Waals surface area contributed by atoms with E-state index >= 15 is 0 Å². The molecular formula is C76H50N2. The van der Waals surface area contributed by atoms with Gasteiger partial charge >= 0.3 is 0 Å². The Morgan fingerprint density at radius 3 is 1.22 bits per heavy atom. The van der Waals surface area contributed by atoms with Crippen LogP contribution in [0.1, 0.15) is 0 Å². The zero-order chi connectivity index (χ0) is 51.5. The third-order valence-electron chi connectivity index (χ3n) is 15.9. The average molecular weight is 991 g/mol. The number of hydrogen-bond acceptors (Lipinski definition) is 1. The molecule has 2 nitrogen and oxygen atoms in total. The molecule has 1 aromatic heterocycles. The highest BCUT2D eigenvalue weighted by molar-refractivity contribution is 6.18. The SMILES string of the molecule is c1ccc(-c2ccc3c4c(-c5cccc(N(c6ccc(-c7ccc8c(ccc9ccccc98)c7)cc6)c6ccc(-c7ccc8c(ccc9ccccc98)c7)cc6)c5)cc(-c5ccccc5)cc4n(-c4ccccc4)c3c2)cc1. The highest BCUT2D eigenvalue weighted by Crippen LogP contribution is 2.45. The van der Waals surface area contributed by atoms with Gasteiger partial charge in [0.1, 0.15) is 0 Å². The van der Waals surface area contributed by atoms with Crippen molar-refractivity contribution < 1.29 is 0 Å². The van der Waals surface area contributed by atoms with Crippen LogP contribution in [0.25, 0.3) is 126 Å². The fourth-order valence-corrected chi connectivity index (χ4v) is 12.1. The van der Waals surface area contributed by atoms with Crippen LogP contribution in [0.3, 0.4) is 0 Å². The van der Waals surface area contributed by atoms with E-state index in [0.717, 1.165) is 33.8 Å². The molecule has 0 amide bonds. The smallest absolute Gasteiger partial charge is 0.0553 e. The minimum atomic E-state index is 1.07. The van der Waals surface area contributed by atoms with E-state index < -0.39 is 0 Å². The van der Waals surface area contributed by atoms with Crippen molar-refractivity contribution in [3.8, 4) is 61.3 Å². The Labute approximate surface area is 453 Å². The van der Waals surface area contributed by atoms with Gasteiger partial charge in [-0.2, -0.15) is 0 Å². The predicted octanol–water partition coefficient (Wildman–Crippen LogP) is 21.2. The first-order chi connectivity index (χ1) is 38.6. The summed E-state index contributed by atoms with van der Waals surface area (Å²) >= 11 is 0. The van der Waals surface area contributed by atoms with E-state index in [1.54, 1.807) is 0 Å². The number of nitrogens with zero attached hydrogens (tertiary/aromatic N) is 2. The molecule has 0 fully saturated rings. The maximum absolute atomic E-state index is 2.46. The van der Waals surface area contributed by atoms with Crippen LogP contribution in [0.4, 0.5) is 17.1 Å². The molecule has 0 aliphatic rings. The Morgan fingerprint density at radius 1 is 0.218 bits per heavy atom. The number of benzene rings is 14. The van der Waals surface area contributed by atoms with E-state index in [1.165, 1.54) is 109 Å².